The number of amides is 1. The van der Waals surface area contributed by atoms with Crippen LogP contribution in [0.2, 0.25) is 0 Å². The predicted molar refractivity (Wildman–Crippen MR) is 114 cm³/mol. The van der Waals surface area contributed by atoms with Crippen molar-refractivity contribution in [1.29, 1.82) is 0 Å². The van der Waals surface area contributed by atoms with Crippen LogP contribution in [0.25, 0.3) is 0 Å². The Morgan fingerprint density at radius 1 is 1.07 bits per heavy atom. The van der Waals surface area contributed by atoms with E-state index < -0.39 is 10.2 Å². The molecule has 0 aromatic heterocycles. The minimum absolute atomic E-state index is 0.125. The monoisotopic (exact) mass is 408 g/mol. The fourth-order valence-electron chi connectivity index (χ4n) is 2.79. The van der Waals surface area contributed by atoms with Crippen LogP contribution in [0.4, 0.5) is 11.4 Å². The van der Waals surface area contributed by atoms with E-state index in [1.54, 1.807) is 26.2 Å². The van der Waals surface area contributed by atoms with Gasteiger partial charge in [0.2, 0.25) is 5.91 Å². The van der Waals surface area contributed by atoms with Crippen LogP contribution < -0.4 is 10.1 Å². The van der Waals surface area contributed by atoms with Gasteiger partial charge in [0.1, 0.15) is 16.7 Å². The number of hydrogen-bond acceptors (Lipinski definition) is 5. The van der Waals surface area contributed by atoms with Crippen molar-refractivity contribution in [2.24, 2.45) is 0 Å². The molecule has 0 spiro atoms. The molecule has 0 saturated heterocycles. The topological polar surface area (TPSA) is 81.5 Å². The third-order valence-electron chi connectivity index (χ3n) is 4.26. The van der Waals surface area contributed by atoms with Crippen molar-refractivity contribution in [2.45, 2.75) is 17.1 Å². The maximum absolute atomic E-state index is 13.1. The molecule has 0 heterocycles. The fraction of sp³-hybridized carbons (Fsp3) is 0.136. The first kappa shape index (κ1) is 20.4. The summed E-state index contributed by atoms with van der Waals surface area (Å²) in [6.07, 6.45) is 0. The largest absolute Gasteiger partial charge is 0.497 e. The number of benzene rings is 3. The Morgan fingerprint density at radius 3 is 2.38 bits per heavy atom. The van der Waals surface area contributed by atoms with E-state index in [1.165, 1.54) is 17.8 Å². The summed E-state index contributed by atoms with van der Waals surface area (Å²) in [6.45, 7) is 1.77. The Hall–Kier alpha value is -3.32. The van der Waals surface area contributed by atoms with Crippen molar-refractivity contribution < 1.29 is 14.5 Å². The zero-order chi connectivity index (χ0) is 20.8. The Balaban J connectivity index is 1.90. The number of nitro groups is 1. The van der Waals surface area contributed by atoms with Crippen molar-refractivity contribution >= 4 is 29.0 Å². The molecule has 3 aromatic carbocycles. The van der Waals surface area contributed by atoms with Gasteiger partial charge in [-0.3, -0.25) is 14.9 Å². The van der Waals surface area contributed by atoms with E-state index in [4.69, 9.17) is 4.74 Å². The molecule has 1 atom stereocenters. The third-order valence-corrected chi connectivity index (χ3v) is 5.53. The van der Waals surface area contributed by atoms with Gasteiger partial charge in [0.25, 0.3) is 5.69 Å². The lowest BCUT2D eigenvalue weighted by molar-refractivity contribution is -0.384. The predicted octanol–water partition coefficient (Wildman–Crippen LogP) is 5.38. The third kappa shape index (κ3) is 5.14. The Kier molecular flexibility index (Phi) is 6.51. The lowest BCUT2D eigenvalue weighted by Gasteiger charge is -2.17. The minimum atomic E-state index is -0.578. The molecule has 0 fully saturated rings. The molecule has 1 N–H and O–H groups in total. The molecule has 0 bridgehead atoms. The Morgan fingerprint density at radius 2 is 1.76 bits per heavy atom. The van der Waals surface area contributed by atoms with E-state index in [9.17, 15) is 14.9 Å². The molecular weight excluding hydrogens is 388 g/mol. The minimum Gasteiger partial charge on any atom is -0.497 e. The highest BCUT2D eigenvalue weighted by molar-refractivity contribution is 8.00. The summed E-state index contributed by atoms with van der Waals surface area (Å²) in [4.78, 5) is 24.9. The highest BCUT2D eigenvalue weighted by Gasteiger charge is 2.25. The van der Waals surface area contributed by atoms with Crippen LogP contribution in [0.3, 0.4) is 0 Å². The molecule has 0 saturated carbocycles. The lowest BCUT2D eigenvalue weighted by atomic mass is 10.1. The maximum Gasteiger partial charge on any atom is 0.293 e. The second kappa shape index (κ2) is 9.25. The van der Waals surface area contributed by atoms with Crippen LogP contribution in [0.15, 0.2) is 77.7 Å². The van der Waals surface area contributed by atoms with Crippen LogP contribution in [-0.2, 0) is 4.79 Å². The number of carbonyl (C=O) groups is 1. The van der Waals surface area contributed by atoms with E-state index >= 15 is 0 Å². The molecule has 1 amide bonds. The average Bonchev–Trinajstić information content (AvgIpc) is 2.74. The zero-order valence-electron chi connectivity index (χ0n) is 16.0. The van der Waals surface area contributed by atoms with Gasteiger partial charge in [-0.15, -0.1) is 11.8 Å². The number of anilines is 1. The highest BCUT2D eigenvalue weighted by atomic mass is 32.2. The summed E-state index contributed by atoms with van der Waals surface area (Å²) in [5.74, 6) is 0.398. The molecule has 3 rings (SSSR count). The first-order chi connectivity index (χ1) is 14.0. The normalized spacial score (nSPS) is 11.5. The molecule has 0 unspecified atom stereocenters. The molecule has 3 aromatic rings. The van der Waals surface area contributed by atoms with Gasteiger partial charge in [0, 0.05) is 11.0 Å². The average molecular weight is 408 g/mol. The van der Waals surface area contributed by atoms with Gasteiger partial charge in [0.05, 0.1) is 12.0 Å². The Labute approximate surface area is 173 Å². The van der Waals surface area contributed by atoms with E-state index in [1.807, 2.05) is 54.6 Å². The maximum atomic E-state index is 13.1. The number of hydrogen-bond donors (Lipinski definition) is 1. The quantitative estimate of drug-likeness (QED) is 0.322. The van der Waals surface area contributed by atoms with Gasteiger partial charge < -0.3 is 10.1 Å². The first-order valence-corrected chi connectivity index (χ1v) is 9.77. The molecule has 6 nitrogen and oxygen atoms in total. The van der Waals surface area contributed by atoms with E-state index in [0.717, 1.165) is 21.8 Å². The molecule has 7 heteroatoms. The van der Waals surface area contributed by atoms with Crippen LogP contribution in [0.5, 0.6) is 5.75 Å². The second-order valence-electron chi connectivity index (χ2n) is 6.35. The number of nitro benzene ring substituents is 1. The van der Waals surface area contributed by atoms with Gasteiger partial charge in [-0.05, 0) is 48.4 Å². The van der Waals surface area contributed by atoms with Crippen LogP contribution in [0, 0.1) is 17.0 Å². The zero-order valence-corrected chi connectivity index (χ0v) is 16.8. The van der Waals surface area contributed by atoms with Crippen LogP contribution >= 0.6 is 11.8 Å². The summed E-state index contributed by atoms with van der Waals surface area (Å²) < 4.78 is 5.18. The van der Waals surface area contributed by atoms with Crippen molar-refractivity contribution in [3.63, 3.8) is 0 Å². The Bertz CT molecular complexity index is 1010. The summed E-state index contributed by atoms with van der Waals surface area (Å²) in [6, 6.07) is 21.5. The van der Waals surface area contributed by atoms with E-state index in [-0.39, 0.29) is 17.3 Å². The summed E-state index contributed by atoms with van der Waals surface area (Å²) in [7, 11) is 1.59. The van der Waals surface area contributed by atoms with Crippen LogP contribution in [0.1, 0.15) is 16.4 Å². The number of nitrogens with one attached hydrogen (secondary N) is 1. The lowest BCUT2D eigenvalue weighted by Crippen LogP contribution is -2.19. The molecule has 0 aliphatic heterocycles. The van der Waals surface area contributed by atoms with Crippen molar-refractivity contribution in [3.8, 4) is 5.75 Å². The standard InChI is InChI=1S/C22H20N2O4S/c1-15-8-13-19(20(14-15)24(26)27)23-22(25)21(16-6-4-3-5-7-16)29-18-11-9-17(28-2)10-12-18/h3-14,21H,1-2H3,(H,23,25)/t21-/m1/s1. The summed E-state index contributed by atoms with van der Waals surface area (Å²) in [5, 5.41) is 13.5. The van der Waals surface area contributed by atoms with Crippen LogP contribution in [-0.4, -0.2) is 17.9 Å². The van der Waals surface area contributed by atoms with Gasteiger partial charge in [0.15, 0.2) is 0 Å². The van der Waals surface area contributed by atoms with Gasteiger partial charge >= 0.3 is 0 Å². The number of nitrogens with zero attached hydrogens (tertiary/aromatic N) is 1. The smallest absolute Gasteiger partial charge is 0.293 e. The van der Waals surface area contributed by atoms with E-state index in [2.05, 4.69) is 5.32 Å². The van der Waals surface area contributed by atoms with Crippen molar-refractivity contribution in [3.05, 3.63) is 94.0 Å². The summed E-state index contributed by atoms with van der Waals surface area (Å²) >= 11 is 1.37. The molecule has 0 aliphatic rings. The van der Waals surface area contributed by atoms with Gasteiger partial charge in [-0.25, -0.2) is 0 Å². The molecular formula is C22H20N2O4S. The van der Waals surface area contributed by atoms with Gasteiger partial charge in [-0.1, -0.05) is 36.4 Å². The van der Waals surface area contributed by atoms with Crippen molar-refractivity contribution in [1.82, 2.24) is 0 Å². The number of carbonyl (C=O) groups excluding carboxylic acids is 1. The molecule has 148 valence electrons. The molecule has 0 radical (unpaired) electrons. The van der Waals surface area contributed by atoms with E-state index in [0.29, 0.717) is 0 Å². The van der Waals surface area contributed by atoms with Crippen molar-refractivity contribution in [2.75, 3.05) is 12.4 Å². The number of aryl methyl sites for hydroxylation is 1. The molecule has 29 heavy (non-hydrogen) atoms. The fourth-order valence-corrected chi connectivity index (χ4v) is 3.81. The van der Waals surface area contributed by atoms with Gasteiger partial charge in [-0.2, -0.15) is 0 Å². The number of ether oxygens (including phenoxy) is 1. The first-order valence-electron chi connectivity index (χ1n) is 8.89. The SMILES string of the molecule is COc1ccc(S[C@@H](C(=O)Nc2ccc(C)cc2[N+](=O)[O-])c2ccccc2)cc1. The number of thioether (sulfide) groups is 1. The highest BCUT2D eigenvalue weighted by Crippen LogP contribution is 2.37. The summed E-state index contributed by atoms with van der Waals surface area (Å²) in [5.41, 5.74) is 1.61. The number of methoxy groups -OCH3 is 1. The number of rotatable bonds is 7. The second-order valence-corrected chi connectivity index (χ2v) is 7.53. The molecule has 0 aliphatic carbocycles.